The Kier molecular flexibility index (Phi) is 5.94. The number of ether oxygens (including phenoxy) is 1. The van der Waals surface area contributed by atoms with E-state index in [1.807, 2.05) is 26.0 Å². The smallest absolute Gasteiger partial charge is 0.251 e. The summed E-state index contributed by atoms with van der Waals surface area (Å²) in [6.07, 6.45) is 0. The average molecular weight is 388 g/mol. The molecule has 1 amide bonds. The van der Waals surface area contributed by atoms with Crippen molar-refractivity contribution in [2.45, 2.75) is 25.3 Å². The maximum atomic E-state index is 12.8. The van der Waals surface area contributed by atoms with Crippen molar-refractivity contribution in [3.8, 4) is 0 Å². The number of rotatable bonds is 5. The van der Waals surface area contributed by atoms with E-state index in [9.17, 15) is 13.2 Å². The van der Waals surface area contributed by atoms with Gasteiger partial charge < -0.3 is 10.1 Å². The fourth-order valence-corrected chi connectivity index (χ4v) is 4.51. The maximum Gasteiger partial charge on any atom is 0.251 e. The first-order valence-electron chi connectivity index (χ1n) is 8.90. The van der Waals surface area contributed by atoms with Crippen molar-refractivity contribution in [3.63, 3.8) is 0 Å². The van der Waals surface area contributed by atoms with Gasteiger partial charge in [-0.15, -0.1) is 0 Å². The normalized spacial score (nSPS) is 15.5. The van der Waals surface area contributed by atoms with Crippen LogP contribution in [0.15, 0.2) is 47.4 Å². The van der Waals surface area contributed by atoms with Gasteiger partial charge >= 0.3 is 0 Å². The summed E-state index contributed by atoms with van der Waals surface area (Å²) in [5.74, 6) is -0.297. The van der Waals surface area contributed by atoms with Crippen LogP contribution in [-0.2, 0) is 21.3 Å². The summed E-state index contributed by atoms with van der Waals surface area (Å²) in [4.78, 5) is 12.6. The van der Waals surface area contributed by atoms with Gasteiger partial charge in [0.1, 0.15) is 0 Å². The van der Waals surface area contributed by atoms with Gasteiger partial charge in [0.25, 0.3) is 5.91 Å². The molecule has 1 aliphatic heterocycles. The molecule has 1 saturated heterocycles. The van der Waals surface area contributed by atoms with E-state index >= 15 is 0 Å². The van der Waals surface area contributed by atoms with Crippen molar-refractivity contribution in [3.05, 3.63) is 64.7 Å². The zero-order valence-corrected chi connectivity index (χ0v) is 16.4. The van der Waals surface area contributed by atoms with Gasteiger partial charge in [0.15, 0.2) is 0 Å². The standard InChI is InChI=1S/C20H24N2O4S/c1-15-6-7-18(16(2)12-15)14-21-20(23)17-4-3-5-19(13-17)27(24,25)22-8-10-26-11-9-22/h3-7,12-13H,8-11,14H2,1-2H3,(H,21,23). The summed E-state index contributed by atoms with van der Waals surface area (Å²) in [5.41, 5.74) is 3.64. The third-order valence-electron chi connectivity index (χ3n) is 4.64. The Hall–Kier alpha value is -2.22. The number of morpholine rings is 1. The van der Waals surface area contributed by atoms with Crippen LogP contribution >= 0.6 is 0 Å². The van der Waals surface area contributed by atoms with E-state index in [2.05, 4.69) is 11.4 Å². The molecule has 0 saturated carbocycles. The van der Waals surface area contributed by atoms with Crippen LogP contribution in [-0.4, -0.2) is 44.9 Å². The second kappa shape index (κ2) is 8.21. The van der Waals surface area contributed by atoms with Crippen LogP contribution in [0.5, 0.6) is 0 Å². The maximum absolute atomic E-state index is 12.8. The SMILES string of the molecule is Cc1ccc(CNC(=O)c2cccc(S(=O)(=O)N3CCOCC3)c2)c(C)c1. The number of hydrogen-bond acceptors (Lipinski definition) is 4. The number of carbonyl (C=O) groups is 1. The zero-order valence-electron chi connectivity index (χ0n) is 15.6. The molecule has 1 fully saturated rings. The molecular weight excluding hydrogens is 364 g/mol. The molecule has 2 aromatic rings. The fourth-order valence-electron chi connectivity index (χ4n) is 3.06. The lowest BCUT2D eigenvalue weighted by molar-refractivity contribution is 0.0730. The van der Waals surface area contributed by atoms with Gasteiger partial charge in [-0.1, -0.05) is 29.8 Å². The van der Waals surface area contributed by atoms with Gasteiger partial charge in [0.2, 0.25) is 10.0 Å². The lowest BCUT2D eigenvalue weighted by Gasteiger charge is -2.26. The summed E-state index contributed by atoms with van der Waals surface area (Å²) < 4.78 is 32.1. The fraction of sp³-hybridized carbons (Fsp3) is 0.350. The molecular formula is C20H24N2O4S. The van der Waals surface area contributed by atoms with Crippen molar-refractivity contribution in [1.29, 1.82) is 0 Å². The Morgan fingerprint density at radius 2 is 1.85 bits per heavy atom. The van der Waals surface area contributed by atoms with Crippen LogP contribution in [0, 0.1) is 13.8 Å². The number of aryl methyl sites for hydroxylation is 2. The molecule has 27 heavy (non-hydrogen) atoms. The van der Waals surface area contributed by atoms with Crippen molar-refractivity contribution in [2.24, 2.45) is 0 Å². The van der Waals surface area contributed by atoms with Crippen LogP contribution in [0.25, 0.3) is 0 Å². The van der Waals surface area contributed by atoms with Gasteiger partial charge in [0, 0.05) is 25.2 Å². The largest absolute Gasteiger partial charge is 0.379 e. The second-order valence-corrected chi connectivity index (χ2v) is 8.59. The predicted octanol–water partition coefficient (Wildman–Crippen LogP) is 2.25. The van der Waals surface area contributed by atoms with Gasteiger partial charge in [-0.3, -0.25) is 4.79 Å². The molecule has 0 atom stereocenters. The highest BCUT2D eigenvalue weighted by atomic mass is 32.2. The Balaban J connectivity index is 1.73. The monoisotopic (exact) mass is 388 g/mol. The molecule has 0 aromatic heterocycles. The van der Waals surface area contributed by atoms with Gasteiger partial charge in [0.05, 0.1) is 18.1 Å². The van der Waals surface area contributed by atoms with E-state index in [0.29, 0.717) is 38.4 Å². The first-order chi connectivity index (χ1) is 12.9. The van der Waals surface area contributed by atoms with Gasteiger partial charge in [-0.25, -0.2) is 8.42 Å². The number of sulfonamides is 1. The lowest BCUT2D eigenvalue weighted by atomic mass is 10.1. The molecule has 6 nitrogen and oxygen atoms in total. The van der Waals surface area contributed by atoms with E-state index in [1.165, 1.54) is 22.0 Å². The van der Waals surface area contributed by atoms with Crippen molar-refractivity contribution >= 4 is 15.9 Å². The van der Waals surface area contributed by atoms with E-state index in [0.717, 1.165) is 11.1 Å². The zero-order chi connectivity index (χ0) is 19.4. The molecule has 3 rings (SSSR count). The minimum absolute atomic E-state index is 0.128. The molecule has 2 aromatic carbocycles. The topological polar surface area (TPSA) is 75.7 Å². The summed E-state index contributed by atoms with van der Waals surface area (Å²) in [6, 6.07) is 12.2. The molecule has 0 aliphatic carbocycles. The number of amides is 1. The molecule has 0 unspecified atom stereocenters. The van der Waals surface area contributed by atoms with E-state index < -0.39 is 10.0 Å². The average Bonchev–Trinajstić information content (AvgIpc) is 2.68. The van der Waals surface area contributed by atoms with Gasteiger partial charge in [-0.2, -0.15) is 4.31 Å². The predicted molar refractivity (Wildman–Crippen MR) is 103 cm³/mol. The van der Waals surface area contributed by atoms with Crippen LogP contribution in [0.2, 0.25) is 0 Å². The van der Waals surface area contributed by atoms with Crippen LogP contribution < -0.4 is 5.32 Å². The highest BCUT2D eigenvalue weighted by Gasteiger charge is 2.26. The Morgan fingerprint density at radius 1 is 1.11 bits per heavy atom. The molecule has 7 heteroatoms. The molecule has 144 valence electrons. The third kappa shape index (κ3) is 4.55. The van der Waals surface area contributed by atoms with Crippen LogP contribution in [0.3, 0.4) is 0 Å². The summed E-state index contributed by atoms with van der Waals surface area (Å²) in [6.45, 7) is 5.84. The molecule has 1 N–H and O–H groups in total. The third-order valence-corrected chi connectivity index (χ3v) is 6.54. The number of carbonyl (C=O) groups excluding carboxylic acids is 1. The number of hydrogen-bond donors (Lipinski definition) is 1. The van der Waals surface area contributed by atoms with Crippen molar-refractivity contribution in [2.75, 3.05) is 26.3 Å². The Bertz CT molecular complexity index is 935. The Morgan fingerprint density at radius 3 is 2.56 bits per heavy atom. The Labute approximate surface area is 160 Å². The van der Waals surface area contributed by atoms with E-state index in [1.54, 1.807) is 12.1 Å². The second-order valence-electron chi connectivity index (χ2n) is 6.66. The number of benzene rings is 2. The van der Waals surface area contributed by atoms with Crippen molar-refractivity contribution in [1.82, 2.24) is 9.62 Å². The lowest BCUT2D eigenvalue weighted by Crippen LogP contribution is -2.40. The first-order valence-corrected chi connectivity index (χ1v) is 10.3. The van der Waals surface area contributed by atoms with Crippen molar-refractivity contribution < 1.29 is 17.9 Å². The minimum Gasteiger partial charge on any atom is -0.379 e. The quantitative estimate of drug-likeness (QED) is 0.852. The van der Waals surface area contributed by atoms with E-state index in [4.69, 9.17) is 4.74 Å². The van der Waals surface area contributed by atoms with E-state index in [-0.39, 0.29) is 10.8 Å². The molecule has 1 aliphatic rings. The first kappa shape index (κ1) is 19.5. The minimum atomic E-state index is -3.62. The molecule has 0 bridgehead atoms. The van der Waals surface area contributed by atoms with Crippen LogP contribution in [0.1, 0.15) is 27.0 Å². The summed E-state index contributed by atoms with van der Waals surface area (Å²) >= 11 is 0. The molecule has 1 heterocycles. The molecule has 0 radical (unpaired) electrons. The highest BCUT2D eigenvalue weighted by molar-refractivity contribution is 7.89. The molecule has 0 spiro atoms. The summed E-state index contributed by atoms with van der Waals surface area (Å²) in [7, 11) is -3.62. The number of nitrogens with one attached hydrogen (secondary N) is 1. The highest BCUT2D eigenvalue weighted by Crippen LogP contribution is 2.18. The van der Waals surface area contributed by atoms with Gasteiger partial charge in [-0.05, 0) is 43.2 Å². The number of nitrogens with zero attached hydrogens (tertiary/aromatic N) is 1. The summed E-state index contributed by atoms with van der Waals surface area (Å²) in [5, 5.41) is 2.87. The van der Waals surface area contributed by atoms with Crippen LogP contribution in [0.4, 0.5) is 0 Å².